The van der Waals surface area contributed by atoms with Gasteiger partial charge in [0.1, 0.15) is 0 Å². The molecule has 3 rings (SSSR count). The van der Waals surface area contributed by atoms with Gasteiger partial charge in [0.05, 0.1) is 12.5 Å². The first-order chi connectivity index (χ1) is 12.9. The Bertz CT molecular complexity index is 739. The Kier molecular flexibility index (Phi) is 6.02. The first-order valence-corrected chi connectivity index (χ1v) is 9.67. The summed E-state index contributed by atoms with van der Waals surface area (Å²) >= 11 is 0. The maximum absolute atomic E-state index is 13.0. The highest BCUT2D eigenvalue weighted by molar-refractivity contribution is 5.86. The summed E-state index contributed by atoms with van der Waals surface area (Å²) in [7, 11) is 1.92. The molecular weight excluding hydrogens is 340 g/mol. The Morgan fingerprint density at radius 1 is 1.22 bits per heavy atom. The number of likely N-dealkylation sites (tertiary alicyclic amines) is 1. The van der Waals surface area contributed by atoms with Gasteiger partial charge in [0.15, 0.2) is 5.60 Å². The molecule has 2 heterocycles. The van der Waals surface area contributed by atoms with Crippen molar-refractivity contribution in [1.82, 2.24) is 9.80 Å². The number of amides is 1. The largest absolute Gasteiger partial charge is 0.472 e. The molecule has 1 aliphatic rings. The van der Waals surface area contributed by atoms with Gasteiger partial charge in [-0.25, -0.2) is 0 Å². The number of benzene rings is 1. The van der Waals surface area contributed by atoms with Gasteiger partial charge >= 0.3 is 0 Å². The Morgan fingerprint density at radius 3 is 2.59 bits per heavy atom. The molecule has 1 aliphatic heterocycles. The van der Waals surface area contributed by atoms with Crippen LogP contribution >= 0.6 is 0 Å². The molecule has 146 valence electrons. The highest BCUT2D eigenvalue weighted by Gasteiger charge is 2.42. The van der Waals surface area contributed by atoms with E-state index in [1.807, 2.05) is 18.0 Å². The average Bonchev–Trinajstić information content (AvgIpc) is 3.12. The third-order valence-electron chi connectivity index (χ3n) is 5.29. The second-order valence-electron chi connectivity index (χ2n) is 8.06. The molecule has 0 bridgehead atoms. The van der Waals surface area contributed by atoms with Gasteiger partial charge in [0.25, 0.3) is 5.91 Å². The molecule has 0 aliphatic carbocycles. The molecule has 27 heavy (non-hydrogen) atoms. The molecule has 2 aromatic rings. The van der Waals surface area contributed by atoms with Crippen LogP contribution in [0.1, 0.15) is 49.3 Å². The summed E-state index contributed by atoms with van der Waals surface area (Å²) in [4.78, 5) is 16.8. The molecule has 1 aromatic carbocycles. The zero-order chi connectivity index (χ0) is 19.4. The van der Waals surface area contributed by atoms with E-state index in [0.717, 1.165) is 17.5 Å². The van der Waals surface area contributed by atoms with E-state index in [1.165, 1.54) is 5.56 Å². The fraction of sp³-hybridized carbons (Fsp3) is 0.500. The van der Waals surface area contributed by atoms with Crippen molar-refractivity contribution in [2.24, 2.45) is 0 Å². The van der Waals surface area contributed by atoms with Crippen LogP contribution in [0.5, 0.6) is 0 Å². The topological polar surface area (TPSA) is 56.9 Å². The highest BCUT2D eigenvalue weighted by Crippen LogP contribution is 2.26. The summed E-state index contributed by atoms with van der Waals surface area (Å²) in [5.41, 5.74) is 2.10. The van der Waals surface area contributed by atoms with Crippen molar-refractivity contribution in [2.75, 3.05) is 20.1 Å². The van der Waals surface area contributed by atoms with E-state index in [4.69, 9.17) is 4.42 Å². The Morgan fingerprint density at radius 2 is 1.96 bits per heavy atom. The van der Waals surface area contributed by atoms with E-state index < -0.39 is 5.60 Å². The van der Waals surface area contributed by atoms with E-state index in [-0.39, 0.29) is 5.91 Å². The molecular formula is C22H30N2O3. The van der Waals surface area contributed by atoms with Crippen molar-refractivity contribution in [1.29, 1.82) is 0 Å². The van der Waals surface area contributed by atoms with Crippen molar-refractivity contribution in [3.8, 4) is 0 Å². The Labute approximate surface area is 161 Å². The van der Waals surface area contributed by atoms with E-state index in [1.54, 1.807) is 17.4 Å². The molecule has 1 atom stereocenters. The summed E-state index contributed by atoms with van der Waals surface area (Å²) < 4.78 is 5.09. The normalized spacial score (nSPS) is 20.7. The summed E-state index contributed by atoms with van der Waals surface area (Å²) in [6, 6.07) is 10.3. The lowest BCUT2D eigenvalue weighted by molar-refractivity contribution is -0.160. The van der Waals surface area contributed by atoms with E-state index in [0.29, 0.717) is 38.5 Å². The van der Waals surface area contributed by atoms with Gasteiger partial charge in [-0.05, 0) is 43.0 Å². The number of nitrogens with zero attached hydrogens (tertiary/aromatic N) is 2. The smallest absolute Gasteiger partial charge is 0.256 e. The van der Waals surface area contributed by atoms with Crippen molar-refractivity contribution in [3.05, 3.63) is 59.5 Å². The first kappa shape index (κ1) is 19.6. The van der Waals surface area contributed by atoms with E-state index >= 15 is 0 Å². The van der Waals surface area contributed by atoms with E-state index in [9.17, 15) is 9.90 Å². The number of hydrogen-bond acceptors (Lipinski definition) is 4. The SMILES string of the molecule is CC(C)c1ccc(CN2CCC[C@](O)(CN(C)Cc3ccoc3)C2=O)cc1. The minimum absolute atomic E-state index is 0.166. The quantitative estimate of drug-likeness (QED) is 0.812. The lowest BCUT2D eigenvalue weighted by Gasteiger charge is -2.40. The lowest BCUT2D eigenvalue weighted by atomic mass is 9.90. The van der Waals surface area contributed by atoms with Crippen molar-refractivity contribution in [3.63, 3.8) is 0 Å². The highest BCUT2D eigenvalue weighted by atomic mass is 16.3. The minimum Gasteiger partial charge on any atom is -0.472 e. The molecule has 0 radical (unpaired) electrons. The number of carbonyl (C=O) groups is 1. The predicted octanol–water partition coefficient (Wildman–Crippen LogP) is 3.39. The molecule has 0 unspecified atom stereocenters. The van der Waals surface area contributed by atoms with Crippen LogP contribution < -0.4 is 0 Å². The average molecular weight is 370 g/mol. The molecule has 1 aromatic heterocycles. The number of furan rings is 1. The molecule has 5 nitrogen and oxygen atoms in total. The zero-order valence-electron chi connectivity index (χ0n) is 16.5. The monoisotopic (exact) mass is 370 g/mol. The van der Waals surface area contributed by atoms with Crippen LogP contribution in [0.25, 0.3) is 0 Å². The van der Waals surface area contributed by atoms with Gasteiger partial charge in [-0.2, -0.15) is 0 Å². The summed E-state index contributed by atoms with van der Waals surface area (Å²) in [5, 5.41) is 11.0. The third kappa shape index (κ3) is 4.79. The van der Waals surface area contributed by atoms with Crippen LogP contribution in [0.2, 0.25) is 0 Å². The standard InChI is InChI=1S/C22H30N2O3/c1-17(2)20-7-5-18(6-8-20)14-24-11-4-10-22(26,21(24)25)16-23(3)13-19-9-12-27-15-19/h5-9,12,15,17,26H,4,10-11,13-14,16H2,1-3H3/t22-/m0/s1. The van der Waals surface area contributed by atoms with E-state index in [2.05, 4.69) is 38.1 Å². The van der Waals surface area contributed by atoms with Crippen LogP contribution in [0.3, 0.4) is 0 Å². The Balaban J connectivity index is 1.63. The number of rotatable bonds is 7. The number of piperidine rings is 1. The zero-order valence-corrected chi connectivity index (χ0v) is 16.5. The molecule has 1 saturated heterocycles. The summed E-state index contributed by atoms with van der Waals surface area (Å²) in [6.45, 7) is 6.54. The van der Waals surface area contributed by atoms with Crippen LogP contribution in [0.4, 0.5) is 0 Å². The maximum atomic E-state index is 13.0. The van der Waals surface area contributed by atoms with Gasteiger partial charge in [0.2, 0.25) is 0 Å². The molecule has 0 spiro atoms. The molecule has 5 heteroatoms. The second kappa shape index (κ2) is 8.28. The number of likely N-dealkylation sites (N-methyl/N-ethyl adjacent to an activating group) is 1. The predicted molar refractivity (Wildman–Crippen MR) is 105 cm³/mol. The van der Waals surface area contributed by atoms with Crippen molar-refractivity contribution < 1.29 is 14.3 Å². The van der Waals surface area contributed by atoms with Gasteiger partial charge in [-0.15, -0.1) is 0 Å². The maximum Gasteiger partial charge on any atom is 0.256 e. The fourth-order valence-electron chi connectivity index (χ4n) is 3.79. The van der Waals surface area contributed by atoms with Gasteiger partial charge in [0, 0.05) is 31.7 Å². The molecule has 1 fully saturated rings. The van der Waals surface area contributed by atoms with Crippen molar-refractivity contribution in [2.45, 2.75) is 51.3 Å². The second-order valence-corrected chi connectivity index (χ2v) is 8.06. The van der Waals surface area contributed by atoms with Crippen molar-refractivity contribution >= 4 is 5.91 Å². The van der Waals surface area contributed by atoms with Crippen LogP contribution in [-0.4, -0.2) is 46.6 Å². The lowest BCUT2D eigenvalue weighted by Crippen LogP contribution is -2.57. The van der Waals surface area contributed by atoms with Gasteiger partial charge in [-0.3, -0.25) is 9.69 Å². The minimum atomic E-state index is -1.32. The number of aliphatic hydroxyl groups is 1. The third-order valence-corrected chi connectivity index (χ3v) is 5.29. The summed E-state index contributed by atoms with van der Waals surface area (Å²) in [5.74, 6) is 0.326. The van der Waals surface area contributed by atoms with Crippen LogP contribution in [0, 0.1) is 0 Å². The first-order valence-electron chi connectivity index (χ1n) is 9.67. The summed E-state index contributed by atoms with van der Waals surface area (Å²) in [6.07, 6.45) is 4.64. The van der Waals surface area contributed by atoms with Crippen LogP contribution in [-0.2, 0) is 17.9 Å². The number of hydrogen-bond donors (Lipinski definition) is 1. The van der Waals surface area contributed by atoms with Crippen LogP contribution in [0.15, 0.2) is 47.3 Å². The Hall–Kier alpha value is -2.11. The molecule has 1 N–H and O–H groups in total. The van der Waals surface area contributed by atoms with Gasteiger partial charge < -0.3 is 14.4 Å². The molecule has 0 saturated carbocycles. The number of carbonyl (C=O) groups excluding carboxylic acids is 1. The molecule has 1 amide bonds. The van der Waals surface area contributed by atoms with Gasteiger partial charge in [-0.1, -0.05) is 38.1 Å². The fourth-order valence-corrected chi connectivity index (χ4v) is 3.79.